The molecule has 3 aromatic carbocycles. The van der Waals surface area contributed by atoms with Crippen LogP contribution in [0.5, 0.6) is 17.2 Å². The molecule has 0 radical (unpaired) electrons. The Labute approximate surface area is 198 Å². The number of benzene rings is 3. The smallest absolute Gasteiger partial charge is 0.255 e. The number of rotatable bonds is 10. The normalized spacial score (nSPS) is 15.1. The van der Waals surface area contributed by atoms with Gasteiger partial charge in [-0.3, -0.25) is 4.79 Å². The quantitative estimate of drug-likeness (QED) is 0.393. The van der Waals surface area contributed by atoms with Gasteiger partial charge in [0.15, 0.2) is 0 Å². The number of amides is 1. The highest BCUT2D eigenvalue weighted by Crippen LogP contribution is 2.29. The highest BCUT2D eigenvalue weighted by molar-refractivity contribution is 6.31. The number of hydrogen-bond acceptors (Lipinski definition) is 5. The molecule has 1 N–H and O–H groups in total. The molecule has 172 valence electrons. The summed E-state index contributed by atoms with van der Waals surface area (Å²) >= 11 is 6.14. The van der Waals surface area contributed by atoms with Crippen LogP contribution in [0.3, 0.4) is 0 Å². The molecule has 0 saturated carbocycles. The minimum absolute atomic E-state index is 0.0786. The molecule has 1 aliphatic heterocycles. The van der Waals surface area contributed by atoms with Crippen molar-refractivity contribution in [3.8, 4) is 17.2 Å². The Kier molecular flexibility index (Phi) is 8.06. The first-order valence-electron chi connectivity index (χ1n) is 10.9. The topological polar surface area (TPSA) is 66.0 Å². The van der Waals surface area contributed by atoms with E-state index in [9.17, 15) is 4.79 Å². The van der Waals surface area contributed by atoms with Gasteiger partial charge in [0.2, 0.25) is 0 Å². The van der Waals surface area contributed by atoms with E-state index in [0.717, 1.165) is 25.2 Å². The van der Waals surface area contributed by atoms with Gasteiger partial charge in [-0.25, -0.2) is 0 Å². The second kappa shape index (κ2) is 11.6. The zero-order valence-electron chi connectivity index (χ0n) is 18.2. The number of nitrogens with one attached hydrogen (secondary N) is 1. The van der Waals surface area contributed by atoms with Gasteiger partial charge in [-0.15, -0.1) is 0 Å². The van der Waals surface area contributed by atoms with Gasteiger partial charge < -0.3 is 24.3 Å². The molecule has 33 heavy (non-hydrogen) atoms. The second-order valence-electron chi connectivity index (χ2n) is 7.57. The predicted molar refractivity (Wildman–Crippen MR) is 128 cm³/mol. The molecular formula is C26H26ClNO5. The average Bonchev–Trinajstić information content (AvgIpc) is 3.36. The van der Waals surface area contributed by atoms with Crippen LogP contribution in [0.1, 0.15) is 23.2 Å². The van der Waals surface area contributed by atoms with E-state index in [2.05, 4.69) is 5.32 Å². The highest BCUT2D eigenvalue weighted by atomic mass is 35.5. The van der Waals surface area contributed by atoms with Crippen molar-refractivity contribution in [2.45, 2.75) is 18.9 Å². The molecule has 1 aliphatic rings. The summed E-state index contributed by atoms with van der Waals surface area (Å²) in [5, 5.41) is 3.39. The van der Waals surface area contributed by atoms with Crippen LogP contribution in [-0.2, 0) is 4.74 Å². The lowest BCUT2D eigenvalue weighted by Crippen LogP contribution is -2.18. The van der Waals surface area contributed by atoms with Crippen LogP contribution in [0.15, 0.2) is 72.8 Å². The fourth-order valence-corrected chi connectivity index (χ4v) is 3.59. The van der Waals surface area contributed by atoms with Crippen molar-refractivity contribution in [1.82, 2.24) is 0 Å². The Morgan fingerprint density at radius 2 is 1.67 bits per heavy atom. The molecule has 4 rings (SSSR count). The van der Waals surface area contributed by atoms with E-state index in [-0.39, 0.29) is 12.0 Å². The van der Waals surface area contributed by atoms with Crippen molar-refractivity contribution in [2.24, 2.45) is 0 Å². The Balaban J connectivity index is 1.29. The average molecular weight is 468 g/mol. The van der Waals surface area contributed by atoms with E-state index in [1.807, 2.05) is 30.3 Å². The summed E-state index contributed by atoms with van der Waals surface area (Å²) in [4.78, 5) is 12.8. The summed E-state index contributed by atoms with van der Waals surface area (Å²) in [6.07, 6.45) is 2.09. The van der Waals surface area contributed by atoms with Gasteiger partial charge in [-0.05, 0) is 67.4 Å². The fourth-order valence-electron chi connectivity index (χ4n) is 3.42. The van der Waals surface area contributed by atoms with Crippen LogP contribution in [0, 0.1) is 0 Å². The van der Waals surface area contributed by atoms with Crippen LogP contribution >= 0.6 is 11.6 Å². The van der Waals surface area contributed by atoms with Crippen molar-refractivity contribution in [2.75, 3.05) is 31.7 Å². The van der Waals surface area contributed by atoms with Crippen molar-refractivity contribution in [3.05, 3.63) is 83.4 Å². The van der Waals surface area contributed by atoms with Crippen LogP contribution in [0.25, 0.3) is 0 Å². The zero-order valence-corrected chi connectivity index (χ0v) is 18.9. The van der Waals surface area contributed by atoms with E-state index < -0.39 is 0 Å². The van der Waals surface area contributed by atoms with Crippen molar-refractivity contribution in [1.29, 1.82) is 0 Å². The van der Waals surface area contributed by atoms with Crippen LogP contribution in [0.4, 0.5) is 5.69 Å². The molecule has 1 saturated heterocycles. The second-order valence-corrected chi connectivity index (χ2v) is 8.01. The van der Waals surface area contributed by atoms with Gasteiger partial charge >= 0.3 is 0 Å². The van der Waals surface area contributed by atoms with Gasteiger partial charge in [-0.1, -0.05) is 29.8 Å². The Bertz CT molecular complexity index is 1040. The molecule has 0 aliphatic carbocycles. The zero-order chi connectivity index (χ0) is 22.9. The van der Waals surface area contributed by atoms with Crippen LogP contribution < -0.4 is 19.5 Å². The first kappa shape index (κ1) is 23.0. The highest BCUT2D eigenvalue weighted by Gasteiger charge is 2.18. The Morgan fingerprint density at radius 1 is 0.939 bits per heavy atom. The third-order valence-electron chi connectivity index (χ3n) is 5.12. The van der Waals surface area contributed by atoms with Gasteiger partial charge in [-0.2, -0.15) is 0 Å². The Morgan fingerprint density at radius 3 is 2.36 bits per heavy atom. The summed E-state index contributed by atoms with van der Waals surface area (Å²) in [5.74, 6) is 1.75. The molecule has 0 aromatic heterocycles. The number of hydrogen-bond donors (Lipinski definition) is 1. The molecule has 1 heterocycles. The molecule has 0 bridgehead atoms. The van der Waals surface area contributed by atoms with E-state index in [4.69, 9.17) is 30.5 Å². The fraction of sp³-hybridized carbons (Fsp3) is 0.269. The van der Waals surface area contributed by atoms with Crippen LogP contribution in [-0.4, -0.2) is 38.4 Å². The van der Waals surface area contributed by atoms with Gasteiger partial charge in [0.05, 0.1) is 11.8 Å². The van der Waals surface area contributed by atoms with Gasteiger partial charge in [0, 0.05) is 17.2 Å². The molecule has 1 fully saturated rings. The third kappa shape index (κ3) is 6.88. The van der Waals surface area contributed by atoms with Crippen molar-refractivity contribution in [3.63, 3.8) is 0 Å². The van der Waals surface area contributed by atoms with E-state index in [1.54, 1.807) is 42.5 Å². The summed E-state index contributed by atoms with van der Waals surface area (Å²) in [6.45, 7) is 2.02. The first-order chi connectivity index (χ1) is 16.2. The summed E-state index contributed by atoms with van der Waals surface area (Å²) in [7, 11) is 0. The molecule has 6 nitrogen and oxygen atoms in total. The van der Waals surface area contributed by atoms with E-state index >= 15 is 0 Å². The van der Waals surface area contributed by atoms with E-state index in [1.165, 1.54) is 0 Å². The summed E-state index contributed by atoms with van der Waals surface area (Å²) < 4.78 is 22.8. The molecule has 1 amide bonds. The minimum Gasteiger partial charge on any atom is -0.490 e. The minimum atomic E-state index is -0.266. The first-order valence-corrected chi connectivity index (χ1v) is 11.3. The van der Waals surface area contributed by atoms with Gasteiger partial charge in [0.1, 0.15) is 37.1 Å². The van der Waals surface area contributed by atoms with E-state index in [0.29, 0.717) is 47.6 Å². The molecule has 0 unspecified atom stereocenters. The maximum Gasteiger partial charge on any atom is 0.255 e. The Hall–Kier alpha value is -3.22. The summed E-state index contributed by atoms with van der Waals surface area (Å²) in [6, 6.07) is 21.6. The predicted octanol–water partition coefficient (Wildman–Crippen LogP) is 5.61. The van der Waals surface area contributed by atoms with Crippen molar-refractivity contribution < 1.29 is 23.7 Å². The molecule has 7 heteroatoms. The monoisotopic (exact) mass is 467 g/mol. The number of carbonyl (C=O) groups is 1. The number of halogens is 1. The molecule has 1 atom stereocenters. The lowest BCUT2D eigenvalue weighted by atomic mass is 10.2. The third-order valence-corrected chi connectivity index (χ3v) is 5.35. The van der Waals surface area contributed by atoms with Crippen LogP contribution in [0.2, 0.25) is 5.02 Å². The lowest BCUT2D eigenvalue weighted by Gasteiger charge is -2.15. The number of anilines is 1. The largest absolute Gasteiger partial charge is 0.490 e. The summed E-state index contributed by atoms with van der Waals surface area (Å²) in [5.41, 5.74) is 1.01. The SMILES string of the molecule is O=C(Nc1cc(Cl)ccc1OC[C@H]1CCCO1)c1ccc(OCCOc2ccccc2)cc1. The number of para-hydroxylation sites is 1. The molecule has 0 spiro atoms. The van der Waals surface area contributed by atoms with Crippen molar-refractivity contribution >= 4 is 23.2 Å². The number of ether oxygens (including phenoxy) is 4. The molecule has 3 aromatic rings. The van der Waals surface area contributed by atoms with Gasteiger partial charge in [0.25, 0.3) is 5.91 Å². The maximum atomic E-state index is 12.8. The lowest BCUT2D eigenvalue weighted by molar-refractivity contribution is 0.0682. The standard InChI is InChI=1S/C26H26ClNO5/c27-20-10-13-25(33-18-23-7-4-14-30-23)24(17-20)28-26(29)19-8-11-22(12-9-19)32-16-15-31-21-5-2-1-3-6-21/h1-3,5-6,8-13,17,23H,4,7,14-16,18H2,(H,28,29)/t23-/m1/s1. The molecular weight excluding hydrogens is 442 g/mol. The number of carbonyl (C=O) groups excluding carboxylic acids is 1. The maximum absolute atomic E-state index is 12.8.